The molecule has 0 amide bonds. The van der Waals surface area contributed by atoms with E-state index in [2.05, 4.69) is 5.32 Å². The predicted octanol–water partition coefficient (Wildman–Crippen LogP) is -1.13. The number of fused-ring (bicyclic) bond motifs is 1. The minimum absolute atomic E-state index is 0.326. The lowest BCUT2D eigenvalue weighted by Crippen LogP contribution is -2.41. The third-order valence-corrected chi connectivity index (χ3v) is 3.94. The molecular formula is C7H15N3O2S. The molecule has 2 rings (SSSR count). The van der Waals surface area contributed by atoms with E-state index in [0.29, 0.717) is 25.0 Å². The Hall–Kier alpha value is -0.170. The maximum atomic E-state index is 11.1. The number of nitrogens with two attached hydrogens (primary N) is 1. The highest BCUT2D eigenvalue weighted by atomic mass is 32.2. The smallest absolute Gasteiger partial charge is 0.276 e. The summed E-state index contributed by atoms with van der Waals surface area (Å²) in [6, 6.07) is 0.326. The van der Waals surface area contributed by atoms with Gasteiger partial charge in [-0.1, -0.05) is 0 Å². The molecule has 0 aromatic carbocycles. The second-order valence-electron chi connectivity index (χ2n) is 3.82. The van der Waals surface area contributed by atoms with Gasteiger partial charge in [-0.3, -0.25) is 0 Å². The molecule has 6 heteroatoms. The predicted molar refractivity (Wildman–Crippen MR) is 49.2 cm³/mol. The fourth-order valence-corrected chi connectivity index (χ4v) is 2.98. The van der Waals surface area contributed by atoms with Gasteiger partial charge in [0, 0.05) is 19.1 Å². The van der Waals surface area contributed by atoms with Crippen LogP contribution in [-0.4, -0.2) is 38.4 Å². The van der Waals surface area contributed by atoms with Crippen LogP contribution in [0.5, 0.6) is 0 Å². The Morgan fingerprint density at radius 2 is 2.15 bits per heavy atom. The van der Waals surface area contributed by atoms with Crippen molar-refractivity contribution in [1.82, 2.24) is 9.62 Å². The highest BCUT2D eigenvalue weighted by Gasteiger charge is 2.38. The van der Waals surface area contributed by atoms with Gasteiger partial charge in [-0.2, -0.15) is 12.7 Å². The summed E-state index contributed by atoms with van der Waals surface area (Å²) in [5, 5.41) is 8.39. The first-order valence-electron chi connectivity index (χ1n) is 4.58. The number of hydrogen-bond donors (Lipinski definition) is 2. The Labute approximate surface area is 78.5 Å². The van der Waals surface area contributed by atoms with Crippen molar-refractivity contribution in [1.29, 1.82) is 0 Å². The Morgan fingerprint density at radius 1 is 1.38 bits per heavy atom. The van der Waals surface area contributed by atoms with Crippen molar-refractivity contribution in [2.45, 2.75) is 18.9 Å². The van der Waals surface area contributed by atoms with Crippen LogP contribution in [0.25, 0.3) is 0 Å². The summed E-state index contributed by atoms with van der Waals surface area (Å²) in [6.07, 6.45) is 2.25. The molecule has 76 valence electrons. The van der Waals surface area contributed by atoms with E-state index in [0.717, 1.165) is 19.4 Å². The topological polar surface area (TPSA) is 75.4 Å². The summed E-state index contributed by atoms with van der Waals surface area (Å²) in [6.45, 7) is 2.14. The zero-order valence-corrected chi connectivity index (χ0v) is 8.26. The minimum atomic E-state index is -3.47. The van der Waals surface area contributed by atoms with E-state index in [4.69, 9.17) is 5.14 Å². The number of piperidine rings is 1. The number of nitrogens with one attached hydrogen (secondary N) is 1. The van der Waals surface area contributed by atoms with Crippen molar-refractivity contribution in [2.75, 3.05) is 19.6 Å². The van der Waals surface area contributed by atoms with Crippen LogP contribution in [0.1, 0.15) is 12.8 Å². The van der Waals surface area contributed by atoms with Crippen LogP contribution in [0.3, 0.4) is 0 Å². The SMILES string of the molecule is NS(=O)(=O)N1CC2CCCNC2C1. The monoisotopic (exact) mass is 205 g/mol. The zero-order chi connectivity index (χ0) is 9.47. The van der Waals surface area contributed by atoms with Gasteiger partial charge in [0.05, 0.1) is 0 Å². The van der Waals surface area contributed by atoms with Crippen LogP contribution in [0.15, 0.2) is 0 Å². The van der Waals surface area contributed by atoms with Gasteiger partial charge in [-0.05, 0) is 25.3 Å². The molecule has 0 aromatic heterocycles. The molecule has 0 saturated carbocycles. The molecule has 0 bridgehead atoms. The molecule has 3 N–H and O–H groups in total. The third-order valence-electron chi connectivity index (χ3n) is 2.93. The first-order chi connectivity index (χ1) is 6.07. The van der Waals surface area contributed by atoms with Gasteiger partial charge in [0.1, 0.15) is 0 Å². The highest BCUT2D eigenvalue weighted by molar-refractivity contribution is 7.86. The van der Waals surface area contributed by atoms with Crippen molar-refractivity contribution in [3.8, 4) is 0 Å². The van der Waals surface area contributed by atoms with E-state index >= 15 is 0 Å². The van der Waals surface area contributed by atoms with Gasteiger partial charge in [-0.25, -0.2) is 5.14 Å². The van der Waals surface area contributed by atoms with Gasteiger partial charge in [-0.15, -0.1) is 0 Å². The number of rotatable bonds is 1. The second kappa shape index (κ2) is 3.20. The molecule has 2 unspecified atom stereocenters. The third kappa shape index (κ3) is 1.85. The molecule has 5 nitrogen and oxygen atoms in total. The lowest BCUT2D eigenvalue weighted by atomic mass is 9.94. The molecule has 0 spiro atoms. The lowest BCUT2D eigenvalue weighted by molar-refractivity contribution is 0.339. The molecule has 2 heterocycles. The molecule has 2 aliphatic rings. The van der Waals surface area contributed by atoms with E-state index in [1.807, 2.05) is 0 Å². The van der Waals surface area contributed by atoms with Gasteiger partial charge in [0.25, 0.3) is 10.2 Å². The van der Waals surface area contributed by atoms with Gasteiger partial charge >= 0.3 is 0 Å². The van der Waals surface area contributed by atoms with Gasteiger partial charge in [0.15, 0.2) is 0 Å². The summed E-state index contributed by atoms with van der Waals surface area (Å²) in [5.41, 5.74) is 0. The van der Waals surface area contributed by atoms with Crippen molar-refractivity contribution in [3.05, 3.63) is 0 Å². The average molecular weight is 205 g/mol. The average Bonchev–Trinajstić information content (AvgIpc) is 2.45. The van der Waals surface area contributed by atoms with E-state index in [1.54, 1.807) is 0 Å². The van der Waals surface area contributed by atoms with E-state index in [-0.39, 0.29) is 0 Å². The zero-order valence-electron chi connectivity index (χ0n) is 7.44. The Bertz CT molecular complexity index is 276. The number of nitrogens with zero attached hydrogens (tertiary/aromatic N) is 1. The Kier molecular flexibility index (Phi) is 2.31. The van der Waals surface area contributed by atoms with Crippen LogP contribution >= 0.6 is 0 Å². The van der Waals surface area contributed by atoms with Crippen LogP contribution < -0.4 is 10.5 Å². The Balaban J connectivity index is 2.07. The van der Waals surface area contributed by atoms with Crippen LogP contribution in [0, 0.1) is 5.92 Å². The van der Waals surface area contributed by atoms with Crippen LogP contribution in [0.4, 0.5) is 0 Å². The number of hydrogen-bond acceptors (Lipinski definition) is 3. The molecule has 2 fully saturated rings. The van der Waals surface area contributed by atoms with Crippen LogP contribution in [-0.2, 0) is 10.2 Å². The standard InChI is InChI=1S/C7H15N3O2S/c8-13(11,12)10-4-6-2-1-3-9-7(6)5-10/h6-7,9H,1-5H2,(H2,8,11,12). The molecule has 0 aliphatic carbocycles. The fourth-order valence-electron chi connectivity index (χ4n) is 2.21. The molecule has 13 heavy (non-hydrogen) atoms. The first kappa shape index (κ1) is 9.39. The highest BCUT2D eigenvalue weighted by Crippen LogP contribution is 2.25. The lowest BCUT2D eigenvalue weighted by Gasteiger charge is -2.24. The van der Waals surface area contributed by atoms with Crippen LogP contribution in [0.2, 0.25) is 0 Å². The first-order valence-corrected chi connectivity index (χ1v) is 6.09. The second-order valence-corrected chi connectivity index (χ2v) is 5.37. The van der Waals surface area contributed by atoms with Crippen molar-refractivity contribution in [2.24, 2.45) is 11.1 Å². The quantitative estimate of drug-likeness (QED) is 0.569. The van der Waals surface area contributed by atoms with E-state index < -0.39 is 10.2 Å². The molecule has 0 radical (unpaired) electrons. The minimum Gasteiger partial charge on any atom is -0.312 e. The summed E-state index contributed by atoms with van der Waals surface area (Å²) in [4.78, 5) is 0. The van der Waals surface area contributed by atoms with Crippen molar-refractivity contribution < 1.29 is 8.42 Å². The molecular weight excluding hydrogens is 190 g/mol. The van der Waals surface area contributed by atoms with Gasteiger partial charge < -0.3 is 5.32 Å². The maximum absolute atomic E-state index is 11.1. The molecule has 2 atom stereocenters. The molecule has 0 aromatic rings. The summed E-state index contributed by atoms with van der Waals surface area (Å²) in [7, 11) is -3.47. The molecule has 2 aliphatic heterocycles. The largest absolute Gasteiger partial charge is 0.312 e. The van der Waals surface area contributed by atoms with E-state index in [9.17, 15) is 8.42 Å². The summed E-state index contributed by atoms with van der Waals surface area (Å²) in [5.74, 6) is 0.465. The van der Waals surface area contributed by atoms with E-state index in [1.165, 1.54) is 4.31 Å². The van der Waals surface area contributed by atoms with Crippen molar-refractivity contribution in [3.63, 3.8) is 0 Å². The fraction of sp³-hybridized carbons (Fsp3) is 1.00. The molecule has 2 saturated heterocycles. The normalized spacial score (nSPS) is 36.1. The summed E-state index contributed by atoms with van der Waals surface area (Å²) < 4.78 is 23.5. The summed E-state index contributed by atoms with van der Waals surface area (Å²) >= 11 is 0. The van der Waals surface area contributed by atoms with Crippen molar-refractivity contribution >= 4 is 10.2 Å². The Morgan fingerprint density at radius 3 is 2.77 bits per heavy atom. The van der Waals surface area contributed by atoms with Gasteiger partial charge in [0.2, 0.25) is 0 Å². The maximum Gasteiger partial charge on any atom is 0.276 e.